The number of nitrogens with one attached hydrogen (secondary N) is 1. The Hall–Kier alpha value is -3.36. The molecule has 188 valence electrons. The lowest BCUT2D eigenvalue weighted by atomic mass is 9.86. The third-order valence-corrected chi connectivity index (χ3v) is 7.11. The average Bonchev–Trinajstić information content (AvgIpc) is 3.28. The Bertz CT molecular complexity index is 1090. The smallest absolute Gasteiger partial charge is 0.358 e. The number of hydrogen-bond acceptors (Lipinski definition) is 6. The Morgan fingerprint density at radius 2 is 1.86 bits per heavy atom. The van der Waals surface area contributed by atoms with Crippen molar-refractivity contribution in [3.8, 4) is 5.75 Å². The summed E-state index contributed by atoms with van der Waals surface area (Å²) < 4.78 is 11.8. The number of carbonyl (C=O) groups is 3. The summed E-state index contributed by atoms with van der Waals surface area (Å²) in [5, 5.41) is 7.48. The van der Waals surface area contributed by atoms with Crippen molar-refractivity contribution in [2.45, 2.75) is 71.1 Å². The Labute approximate surface area is 205 Å². The highest BCUT2D eigenvalue weighted by atomic mass is 16.5. The second-order valence-corrected chi connectivity index (χ2v) is 9.74. The van der Waals surface area contributed by atoms with E-state index in [1.54, 1.807) is 11.8 Å². The lowest BCUT2D eigenvalue weighted by molar-refractivity contribution is -0.134. The highest BCUT2D eigenvalue weighted by Gasteiger charge is 2.48. The van der Waals surface area contributed by atoms with E-state index in [0.29, 0.717) is 12.5 Å². The van der Waals surface area contributed by atoms with Crippen molar-refractivity contribution in [3.05, 3.63) is 47.3 Å². The normalized spacial score (nSPS) is 24.0. The van der Waals surface area contributed by atoms with E-state index in [2.05, 4.69) is 17.3 Å². The fourth-order valence-corrected chi connectivity index (χ4v) is 4.88. The number of esters is 1. The molecule has 35 heavy (non-hydrogen) atoms. The molecular weight excluding hydrogens is 448 g/mol. The Kier molecular flexibility index (Phi) is 7.14. The number of hydrogen-bond donors (Lipinski definition) is 1. The molecule has 0 radical (unpaired) electrons. The van der Waals surface area contributed by atoms with Gasteiger partial charge < -0.3 is 19.7 Å². The topological polar surface area (TPSA) is 103 Å². The number of ether oxygens (including phenoxy) is 2. The summed E-state index contributed by atoms with van der Waals surface area (Å²) in [5.41, 5.74) is -0.0186. The molecule has 1 fully saturated rings. The van der Waals surface area contributed by atoms with Crippen LogP contribution in [-0.4, -0.2) is 57.8 Å². The Balaban J connectivity index is 1.64. The van der Waals surface area contributed by atoms with Gasteiger partial charge in [-0.3, -0.25) is 14.3 Å². The van der Waals surface area contributed by atoms with Crippen LogP contribution >= 0.6 is 0 Å². The fourth-order valence-electron chi connectivity index (χ4n) is 4.88. The largest absolute Gasteiger partial charge is 0.494 e. The highest BCUT2D eigenvalue weighted by Crippen LogP contribution is 2.31. The number of methoxy groups -OCH3 is 1. The zero-order valence-electron chi connectivity index (χ0n) is 20.9. The summed E-state index contributed by atoms with van der Waals surface area (Å²) in [6.45, 7) is 6.85. The zero-order chi connectivity index (χ0) is 25.2. The Morgan fingerprint density at radius 1 is 1.17 bits per heavy atom. The predicted octanol–water partition coefficient (Wildman–Crippen LogP) is 3.18. The maximum Gasteiger partial charge on any atom is 0.358 e. The molecule has 4 rings (SSSR count). The average molecular weight is 483 g/mol. The van der Waals surface area contributed by atoms with Gasteiger partial charge in [-0.05, 0) is 63.1 Å². The highest BCUT2D eigenvalue weighted by molar-refractivity contribution is 6.01. The second-order valence-electron chi connectivity index (χ2n) is 9.74. The molecule has 2 aromatic rings. The first-order valence-electron chi connectivity index (χ1n) is 12.3. The van der Waals surface area contributed by atoms with Gasteiger partial charge in [0.25, 0.3) is 5.91 Å². The van der Waals surface area contributed by atoms with Gasteiger partial charge in [0.1, 0.15) is 17.0 Å². The van der Waals surface area contributed by atoms with Crippen LogP contribution in [0.5, 0.6) is 5.75 Å². The standard InChI is InChI=1S/C26H34N4O5/c1-5-35-20-12-8-18(9-13-20)15-29-23(31)22-14-21(24(32)34-4)28-30(22)16-26(29,3)25(33)27-19-10-6-17(2)7-11-19/h8-9,12-14,17,19H,5-7,10-11,15-16H2,1-4H3,(H,27,33)/t17?,19?,26-/m0/s1. The zero-order valence-corrected chi connectivity index (χ0v) is 20.9. The van der Waals surface area contributed by atoms with Crippen LogP contribution in [0.4, 0.5) is 0 Å². The van der Waals surface area contributed by atoms with Crippen molar-refractivity contribution in [2.75, 3.05) is 13.7 Å². The maximum atomic E-state index is 13.7. The summed E-state index contributed by atoms with van der Waals surface area (Å²) in [6, 6.07) is 9.01. The van der Waals surface area contributed by atoms with Crippen LogP contribution in [0.15, 0.2) is 30.3 Å². The van der Waals surface area contributed by atoms with Crippen molar-refractivity contribution in [1.82, 2.24) is 20.0 Å². The summed E-state index contributed by atoms with van der Waals surface area (Å²) in [7, 11) is 1.27. The summed E-state index contributed by atoms with van der Waals surface area (Å²) in [6.07, 6.45) is 4.00. The quantitative estimate of drug-likeness (QED) is 0.608. The number of rotatable bonds is 7. The van der Waals surface area contributed by atoms with Gasteiger partial charge in [-0.1, -0.05) is 19.1 Å². The van der Waals surface area contributed by atoms with Crippen LogP contribution in [0.1, 0.15) is 73.0 Å². The van der Waals surface area contributed by atoms with Crippen molar-refractivity contribution < 1.29 is 23.9 Å². The molecule has 2 heterocycles. The van der Waals surface area contributed by atoms with Crippen LogP contribution in [0.2, 0.25) is 0 Å². The van der Waals surface area contributed by atoms with Crippen LogP contribution in [0.3, 0.4) is 0 Å². The van der Waals surface area contributed by atoms with Crippen molar-refractivity contribution in [3.63, 3.8) is 0 Å². The van der Waals surface area contributed by atoms with E-state index in [1.165, 1.54) is 17.9 Å². The van der Waals surface area contributed by atoms with Crippen molar-refractivity contribution in [2.24, 2.45) is 5.92 Å². The monoisotopic (exact) mass is 482 g/mol. The molecule has 2 amide bonds. The molecule has 0 unspecified atom stereocenters. The predicted molar refractivity (Wildman–Crippen MR) is 129 cm³/mol. The molecule has 1 aliphatic heterocycles. The second kappa shape index (κ2) is 10.1. The van der Waals surface area contributed by atoms with E-state index in [1.807, 2.05) is 31.2 Å². The van der Waals surface area contributed by atoms with Crippen LogP contribution in [0.25, 0.3) is 0 Å². The lowest BCUT2D eigenvalue weighted by Crippen LogP contribution is -2.64. The molecule has 1 aliphatic carbocycles. The molecule has 1 aromatic carbocycles. The first-order valence-corrected chi connectivity index (χ1v) is 12.3. The van der Waals surface area contributed by atoms with Crippen LogP contribution < -0.4 is 10.1 Å². The summed E-state index contributed by atoms with van der Waals surface area (Å²) in [4.78, 5) is 41.0. The maximum absolute atomic E-state index is 13.7. The van der Waals surface area contributed by atoms with Crippen LogP contribution in [0, 0.1) is 5.92 Å². The van der Waals surface area contributed by atoms with Gasteiger partial charge in [0.05, 0.1) is 20.3 Å². The fraction of sp³-hybridized carbons (Fsp3) is 0.538. The molecule has 1 aromatic heterocycles. The van der Waals surface area contributed by atoms with E-state index in [0.717, 1.165) is 37.0 Å². The Morgan fingerprint density at radius 3 is 2.49 bits per heavy atom. The molecule has 1 atom stereocenters. The van der Waals surface area contributed by atoms with Crippen LogP contribution in [-0.2, 0) is 22.6 Å². The minimum Gasteiger partial charge on any atom is -0.494 e. The molecule has 2 aliphatic rings. The molecule has 9 heteroatoms. The molecule has 0 spiro atoms. The number of amides is 2. The minimum absolute atomic E-state index is 0.0443. The molecule has 1 N–H and O–H groups in total. The van der Waals surface area contributed by atoms with Gasteiger partial charge >= 0.3 is 5.97 Å². The van der Waals surface area contributed by atoms with Crippen molar-refractivity contribution in [1.29, 1.82) is 0 Å². The van der Waals surface area contributed by atoms with Crippen molar-refractivity contribution >= 4 is 17.8 Å². The number of fused-ring (bicyclic) bond motifs is 1. The van der Waals surface area contributed by atoms with Gasteiger partial charge in [-0.15, -0.1) is 0 Å². The van der Waals surface area contributed by atoms with E-state index >= 15 is 0 Å². The van der Waals surface area contributed by atoms with E-state index in [9.17, 15) is 14.4 Å². The third-order valence-electron chi connectivity index (χ3n) is 7.11. The van der Waals surface area contributed by atoms with Gasteiger partial charge in [-0.25, -0.2) is 4.79 Å². The minimum atomic E-state index is -1.19. The molecule has 0 saturated heterocycles. The van der Waals surface area contributed by atoms with E-state index in [4.69, 9.17) is 9.47 Å². The number of nitrogens with zero attached hydrogens (tertiary/aromatic N) is 3. The number of carbonyl (C=O) groups excluding carboxylic acids is 3. The summed E-state index contributed by atoms with van der Waals surface area (Å²) in [5.74, 6) is 0.212. The summed E-state index contributed by atoms with van der Waals surface area (Å²) >= 11 is 0. The van der Waals surface area contributed by atoms with E-state index in [-0.39, 0.29) is 42.3 Å². The molecule has 0 bridgehead atoms. The molecular formula is C26H34N4O5. The first-order chi connectivity index (χ1) is 16.7. The number of aromatic nitrogens is 2. The van der Waals surface area contributed by atoms with E-state index < -0.39 is 11.5 Å². The van der Waals surface area contributed by atoms with Gasteiger partial charge in [-0.2, -0.15) is 5.10 Å². The molecule has 1 saturated carbocycles. The van der Waals surface area contributed by atoms with Gasteiger partial charge in [0.15, 0.2) is 5.69 Å². The lowest BCUT2D eigenvalue weighted by Gasteiger charge is -2.44. The van der Waals surface area contributed by atoms with Gasteiger partial charge in [0.2, 0.25) is 5.91 Å². The number of benzene rings is 1. The SMILES string of the molecule is CCOc1ccc(CN2C(=O)c3cc(C(=O)OC)nn3C[C@@]2(C)C(=O)NC2CCC(C)CC2)cc1. The third kappa shape index (κ3) is 5.04. The molecule has 9 nitrogen and oxygen atoms in total. The van der Waals surface area contributed by atoms with Gasteiger partial charge in [0, 0.05) is 18.7 Å². The first kappa shape index (κ1) is 24.8.